The summed E-state index contributed by atoms with van der Waals surface area (Å²) in [7, 11) is -3.78. The van der Waals surface area contributed by atoms with Crippen molar-refractivity contribution >= 4 is 26.9 Å². The van der Waals surface area contributed by atoms with E-state index in [0.717, 1.165) is 3.97 Å². The predicted molar refractivity (Wildman–Crippen MR) is 86.9 cm³/mol. The summed E-state index contributed by atoms with van der Waals surface area (Å²) < 4.78 is 31.9. The van der Waals surface area contributed by atoms with Gasteiger partial charge in [0.25, 0.3) is 10.0 Å². The summed E-state index contributed by atoms with van der Waals surface area (Å²) in [6.07, 6.45) is 1.32. The van der Waals surface area contributed by atoms with E-state index >= 15 is 0 Å². The first-order valence-corrected chi connectivity index (χ1v) is 8.57. The van der Waals surface area contributed by atoms with E-state index in [4.69, 9.17) is 4.74 Å². The van der Waals surface area contributed by atoms with Crippen molar-refractivity contribution in [1.82, 2.24) is 3.97 Å². The highest BCUT2D eigenvalue weighted by atomic mass is 32.2. The lowest BCUT2D eigenvalue weighted by Gasteiger charge is -2.07. The predicted octanol–water partition coefficient (Wildman–Crippen LogP) is 3.06. The second kappa shape index (κ2) is 5.89. The van der Waals surface area contributed by atoms with E-state index in [9.17, 15) is 13.2 Å². The molecule has 0 saturated carbocycles. The Hall–Kier alpha value is -2.60. The second-order valence-electron chi connectivity index (χ2n) is 4.89. The topological polar surface area (TPSA) is 65.4 Å². The standard InChI is InChI=1S/C17H15NO4S/c1-2-22-17(19)15-12-18(16-11-7-6-10-14(15)16)23(20,21)13-8-4-3-5-9-13/h3-12H,2H2,1H3. The molecule has 1 aromatic heterocycles. The van der Waals surface area contributed by atoms with E-state index in [1.165, 1.54) is 18.3 Å². The summed E-state index contributed by atoms with van der Waals surface area (Å²) in [5.74, 6) is -0.536. The van der Waals surface area contributed by atoms with Crippen LogP contribution in [0.5, 0.6) is 0 Å². The average Bonchev–Trinajstić information content (AvgIpc) is 2.96. The molecule has 0 unspecified atom stereocenters. The minimum Gasteiger partial charge on any atom is -0.462 e. The lowest BCUT2D eigenvalue weighted by molar-refractivity contribution is 0.0528. The third-order valence-electron chi connectivity index (χ3n) is 3.47. The lowest BCUT2D eigenvalue weighted by Crippen LogP contribution is -2.12. The first-order valence-electron chi connectivity index (χ1n) is 7.13. The van der Waals surface area contributed by atoms with Crippen LogP contribution in [0.15, 0.2) is 65.7 Å². The number of fused-ring (bicyclic) bond motifs is 1. The first-order chi connectivity index (χ1) is 11.1. The molecule has 5 nitrogen and oxygen atoms in total. The van der Waals surface area contributed by atoms with E-state index < -0.39 is 16.0 Å². The molecule has 0 amide bonds. The fourth-order valence-corrected chi connectivity index (χ4v) is 3.82. The van der Waals surface area contributed by atoms with Crippen molar-refractivity contribution in [3.63, 3.8) is 0 Å². The number of hydrogen-bond donors (Lipinski definition) is 0. The number of nitrogens with zero attached hydrogens (tertiary/aromatic N) is 1. The van der Waals surface area contributed by atoms with Crippen molar-refractivity contribution in [3.8, 4) is 0 Å². The van der Waals surface area contributed by atoms with Crippen LogP contribution in [-0.4, -0.2) is 25.0 Å². The molecular formula is C17H15NO4S. The maximum absolute atomic E-state index is 12.9. The lowest BCUT2D eigenvalue weighted by atomic mass is 10.2. The van der Waals surface area contributed by atoms with E-state index in [-0.39, 0.29) is 17.1 Å². The van der Waals surface area contributed by atoms with Gasteiger partial charge in [-0.05, 0) is 25.1 Å². The minimum absolute atomic E-state index is 0.163. The Morgan fingerprint density at radius 1 is 1.04 bits per heavy atom. The van der Waals surface area contributed by atoms with Crippen molar-refractivity contribution < 1.29 is 17.9 Å². The van der Waals surface area contributed by atoms with Crippen molar-refractivity contribution in [2.45, 2.75) is 11.8 Å². The van der Waals surface area contributed by atoms with Gasteiger partial charge in [-0.3, -0.25) is 0 Å². The van der Waals surface area contributed by atoms with Crippen LogP contribution in [0.2, 0.25) is 0 Å². The van der Waals surface area contributed by atoms with Gasteiger partial charge in [-0.15, -0.1) is 0 Å². The number of para-hydroxylation sites is 1. The zero-order valence-corrected chi connectivity index (χ0v) is 13.3. The quantitative estimate of drug-likeness (QED) is 0.690. The molecule has 3 aromatic rings. The Labute approximate surface area is 134 Å². The Kier molecular flexibility index (Phi) is 3.92. The smallest absolute Gasteiger partial charge is 0.340 e. The summed E-state index contributed by atoms with van der Waals surface area (Å²) in [6.45, 7) is 1.93. The molecule has 0 aliphatic heterocycles. The first kappa shape index (κ1) is 15.3. The molecule has 0 spiro atoms. The highest BCUT2D eigenvalue weighted by Crippen LogP contribution is 2.26. The molecule has 0 fully saturated rings. The van der Waals surface area contributed by atoms with Crippen molar-refractivity contribution in [3.05, 3.63) is 66.4 Å². The maximum atomic E-state index is 12.9. The van der Waals surface area contributed by atoms with Crippen LogP contribution in [0.4, 0.5) is 0 Å². The normalized spacial score (nSPS) is 11.5. The third-order valence-corrected chi connectivity index (χ3v) is 5.16. The molecule has 6 heteroatoms. The molecule has 23 heavy (non-hydrogen) atoms. The van der Waals surface area contributed by atoms with Gasteiger partial charge in [-0.25, -0.2) is 17.2 Å². The van der Waals surface area contributed by atoms with Crippen molar-refractivity contribution in [2.75, 3.05) is 6.61 Å². The summed E-state index contributed by atoms with van der Waals surface area (Å²) in [6, 6.07) is 15.0. The Morgan fingerprint density at radius 2 is 1.70 bits per heavy atom. The summed E-state index contributed by atoms with van der Waals surface area (Å²) in [5, 5.41) is 0.547. The molecular weight excluding hydrogens is 314 g/mol. The molecule has 0 atom stereocenters. The molecule has 118 valence electrons. The molecule has 0 bridgehead atoms. The second-order valence-corrected chi connectivity index (χ2v) is 6.71. The van der Waals surface area contributed by atoms with Gasteiger partial charge in [0.1, 0.15) is 0 Å². The molecule has 1 heterocycles. The Morgan fingerprint density at radius 3 is 2.39 bits per heavy atom. The molecule has 3 rings (SSSR count). The molecule has 0 radical (unpaired) electrons. The third kappa shape index (κ3) is 2.61. The molecule has 2 aromatic carbocycles. The van der Waals surface area contributed by atoms with E-state index in [1.807, 2.05) is 0 Å². The number of aromatic nitrogens is 1. The number of ether oxygens (including phenoxy) is 1. The van der Waals surface area contributed by atoms with Gasteiger partial charge >= 0.3 is 5.97 Å². The molecule has 0 aliphatic carbocycles. The van der Waals surface area contributed by atoms with Crippen LogP contribution >= 0.6 is 0 Å². The summed E-state index contributed by atoms with van der Waals surface area (Å²) in [5.41, 5.74) is 0.682. The number of carbonyl (C=O) groups excluding carboxylic acids is 1. The van der Waals surface area contributed by atoms with Crippen molar-refractivity contribution in [1.29, 1.82) is 0 Å². The molecule has 0 aliphatic rings. The summed E-state index contributed by atoms with van der Waals surface area (Å²) in [4.78, 5) is 12.3. The average molecular weight is 329 g/mol. The number of esters is 1. The van der Waals surface area contributed by atoms with Crippen LogP contribution in [0.25, 0.3) is 10.9 Å². The van der Waals surface area contributed by atoms with Gasteiger partial charge in [-0.2, -0.15) is 0 Å². The number of benzene rings is 2. The van der Waals surface area contributed by atoms with Gasteiger partial charge in [0, 0.05) is 11.6 Å². The maximum Gasteiger partial charge on any atom is 0.340 e. The largest absolute Gasteiger partial charge is 0.462 e. The van der Waals surface area contributed by atoms with Crippen LogP contribution < -0.4 is 0 Å². The monoisotopic (exact) mass is 329 g/mol. The SMILES string of the molecule is CCOC(=O)c1cn(S(=O)(=O)c2ccccc2)c2ccccc12. The highest BCUT2D eigenvalue weighted by molar-refractivity contribution is 7.90. The Bertz CT molecular complexity index is 959. The van der Waals surface area contributed by atoms with Gasteiger partial charge < -0.3 is 4.74 Å². The van der Waals surface area contributed by atoms with Crippen LogP contribution in [0.3, 0.4) is 0 Å². The van der Waals surface area contributed by atoms with E-state index in [1.54, 1.807) is 49.4 Å². The van der Waals surface area contributed by atoms with Gasteiger partial charge in [-0.1, -0.05) is 36.4 Å². The molecule has 0 saturated heterocycles. The Balaban J connectivity index is 2.25. The van der Waals surface area contributed by atoms with Crippen LogP contribution in [0, 0.1) is 0 Å². The highest BCUT2D eigenvalue weighted by Gasteiger charge is 2.23. The van der Waals surface area contributed by atoms with E-state index in [0.29, 0.717) is 10.9 Å². The molecule has 0 N–H and O–H groups in total. The number of hydrogen-bond acceptors (Lipinski definition) is 4. The number of rotatable bonds is 4. The zero-order chi connectivity index (χ0) is 16.4. The van der Waals surface area contributed by atoms with Crippen LogP contribution in [-0.2, 0) is 14.8 Å². The fraction of sp³-hybridized carbons (Fsp3) is 0.118. The fourth-order valence-electron chi connectivity index (χ4n) is 2.43. The van der Waals surface area contributed by atoms with Crippen molar-refractivity contribution in [2.24, 2.45) is 0 Å². The zero-order valence-electron chi connectivity index (χ0n) is 12.5. The minimum atomic E-state index is -3.78. The van der Waals surface area contributed by atoms with Crippen LogP contribution in [0.1, 0.15) is 17.3 Å². The summed E-state index contributed by atoms with van der Waals surface area (Å²) >= 11 is 0. The van der Waals surface area contributed by atoms with Gasteiger partial charge in [0.05, 0.1) is 22.6 Å². The number of carbonyl (C=O) groups is 1. The van der Waals surface area contributed by atoms with E-state index in [2.05, 4.69) is 0 Å². The van der Waals surface area contributed by atoms with Gasteiger partial charge in [0.15, 0.2) is 0 Å². The van der Waals surface area contributed by atoms with Gasteiger partial charge in [0.2, 0.25) is 0 Å².